The molecule has 0 aromatic carbocycles. The highest BCUT2D eigenvalue weighted by atomic mass is 16.5. The Hall–Kier alpha value is -1.76. The third-order valence-corrected chi connectivity index (χ3v) is 3.19. The zero-order chi connectivity index (χ0) is 19.5. The number of carbonyl (C=O) groups excluding carboxylic acids is 2. The summed E-state index contributed by atoms with van der Waals surface area (Å²) in [4.78, 5) is 22.6. The van der Waals surface area contributed by atoms with E-state index in [1.54, 1.807) is 6.20 Å². The van der Waals surface area contributed by atoms with E-state index in [4.69, 9.17) is 9.47 Å². The number of ketones is 1. The number of Topliss-reactive ketones (excluding diaryl/α,β-unsaturated/α-hetero) is 1. The van der Waals surface area contributed by atoms with Crippen LogP contribution >= 0.6 is 0 Å². The van der Waals surface area contributed by atoms with Crippen LogP contribution in [0.5, 0.6) is 0 Å². The van der Waals surface area contributed by atoms with Crippen molar-refractivity contribution in [2.45, 2.75) is 66.8 Å². The van der Waals surface area contributed by atoms with Gasteiger partial charge in [-0.2, -0.15) is 0 Å². The maximum absolute atomic E-state index is 11.5. The van der Waals surface area contributed by atoms with Crippen LogP contribution in [0.4, 0.5) is 0 Å². The molecule has 0 atom stereocenters. The first-order chi connectivity index (χ1) is 11.5. The van der Waals surface area contributed by atoms with Crippen molar-refractivity contribution < 1.29 is 19.1 Å². The number of nitrogens with zero attached hydrogens (tertiary/aromatic N) is 3. The topological polar surface area (TPSA) is 83.3 Å². The van der Waals surface area contributed by atoms with Gasteiger partial charge in [-0.15, -0.1) is 5.10 Å². The molecule has 0 saturated carbocycles. The predicted molar refractivity (Wildman–Crippen MR) is 96.2 cm³/mol. The van der Waals surface area contributed by atoms with Crippen molar-refractivity contribution in [2.75, 3.05) is 19.8 Å². The summed E-state index contributed by atoms with van der Waals surface area (Å²) in [5, 5.41) is 7.56. The minimum absolute atomic E-state index is 0.0660. The Morgan fingerprint density at radius 1 is 1.04 bits per heavy atom. The van der Waals surface area contributed by atoms with E-state index in [9.17, 15) is 9.59 Å². The maximum Gasteiger partial charge on any atom is 0.308 e. The summed E-state index contributed by atoms with van der Waals surface area (Å²) in [6.07, 6.45) is 4.08. The molecule has 0 fully saturated rings. The Morgan fingerprint density at radius 3 is 2.08 bits per heavy atom. The Labute approximate surface area is 151 Å². The first kappa shape index (κ1) is 23.2. The standard InChI is InChI=1S/C12H22O4.C6H11N3/c1-5-15-8-7-11(14)16-9-6-10(13)12(2,3)4;1-6(2,3)9-5-4-7-8-9/h5-9H2,1-4H3;4-5H,1-3H3. The second-order valence-corrected chi connectivity index (χ2v) is 7.61. The molecule has 1 heterocycles. The largest absolute Gasteiger partial charge is 0.465 e. The van der Waals surface area contributed by atoms with Crippen molar-refractivity contribution in [3.05, 3.63) is 12.4 Å². The van der Waals surface area contributed by atoms with Gasteiger partial charge in [-0.1, -0.05) is 26.0 Å². The molecule has 1 aromatic heterocycles. The number of ether oxygens (including phenoxy) is 2. The van der Waals surface area contributed by atoms with Crippen LogP contribution in [0.25, 0.3) is 0 Å². The van der Waals surface area contributed by atoms with Gasteiger partial charge in [0, 0.05) is 24.6 Å². The van der Waals surface area contributed by atoms with Crippen molar-refractivity contribution >= 4 is 11.8 Å². The summed E-state index contributed by atoms with van der Waals surface area (Å²) >= 11 is 0. The molecule has 25 heavy (non-hydrogen) atoms. The van der Waals surface area contributed by atoms with Crippen LogP contribution in [0.1, 0.15) is 61.3 Å². The molecule has 1 rings (SSSR count). The smallest absolute Gasteiger partial charge is 0.308 e. The third kappa shape index (κ3) is 11.4. The number of carbonyl (C=O) groups is 2. The van der Waals surface area contributed by atoms with Crippen molar-refractivity contribution in [3.63, 3.8) is 0 Å². The maximum atomic E-state index is 11.5. The highest BCUT2D eigenvalue weighted by Crippen LogP contribution is 2.16. The molecule has 0 spiro atoms. The van der Waals surface area contributed by atoms with Gasteiger partial charge in [0.25, 0.3) is 0 Å². The summed E-state index contributed by atoms with van der Waals surface area (Å²) in [5.41, 5.74) is -0.297. The molecule has 0 aliphatic heterocycles. The van der Waals surface area contributed by atoms with Crippen LogP contribution in [0.2, 0.25) is 0 Å². The molecule has 0 N–H and O–H groups in total. The van der Waals surface area contributed by atoms with E-state index in [2.05, 4.69) is 31.1 Å². The summed E-state index contributed by atoms with van der Waals surface area (Å²) < 4.78 is 11.8. The third-order valence-electron chi connectivity index (χ3n) is 3.19. The van der Waals surface area contributed by atoms with Crippen LogP contribution in [-0.2, 0) is 24.6 Å². The summed E-state index contributed by atoms with van der Waals surface area (Å²) in [6, 6.07) is 0. The van der Waals surface area contributed by atoms with E-state index in [-0.39, 0.29) is 42.2 Å². The molecule has 0 amide bonds. The van der Waals surface area contributed by atoms with E-state index in [0.29, 0.717) is 13.2 Å². The van der Waals surface area contributed by atoms with E-state index in [1.807, 2.05) is 38.6 Å². The van der Waals surface area contributed by atoms with Gasteiger partial charge in [-0.25, -0.2) is 4.68 Å². The van der Waals surface area contributed by atoms with Gasteiger partial charge in [-0.05, 0) is 27.7 Å². The highest BCUT2D eigenvalue weighted by molar-refractivity contribution is 5.83. The zero-order valence-electron chi connectivity index (χ0n) is 16.7. The molecule has 0 unspecified atom stereocenters. The second-order valence-electron chi connectivity index (χ2n) is 7.61. The van der Waals surface area contributed by atoms with Crippen LogP contribution in [0, 0.1) is 5.41 Å². The highest BCUT2D eigenvalue weighted by Gasteiger charge is 2.20. The Kier molecular flexibility index (Phi) is 10.2. The first-order valence-corrected chi connectivity index (χ1v) is 8.62. The molecular formula is C18H33N3O4. The van der Waals surface area contributed by atoms with E-state index >= 15 is 0 Å². The van der Waals surface area contributed by atoms with Crippen LogP contribution in [0.3, 0.4) is 0 Å². The number of hydrogen-bond donors (Lipinski definition) is 0. The molecule has 7 nitrogen and oxygen atoms in total. The molecule has 144 valence electrons. The van der Waals surface area contributed by atoms with E-state index < -0.39 is 0 Å². The van der Waals surface area contributed by atoms with Crippen LogP contribution in [-0.4, -0.2) is 46.6 Å². The van der Waals surface area contributed by atoms with Crippen LogP contribution in [0.15, 0.2) is 12.4 Å². The van der Waals surface area contributed by atoms with Gasteiger partial charge >= 0.3 is 5.97 Å². The second kappa shape index (κ2) is 11.0. The fourth-order valence-electron chi connectivity index (χ4n) is 1.57. The molecular weight excluding hydrogens is 322 g/mol. The number of rotatable bonds is 7. The van der Waals surface area contributed by atoms with Gasteiger partial charge in [-0.3, -0.25) is 9.59 Å². The summed E-state index contributed by atoms with van der Waals surface area (Å²) in [5.74, 6) is -0.208. The Morgan fingerprint density at radius 2 is 1.68 bits per heavy atom. The normalized spacial score (nSPS) is 11.5. The molecule has 0 radical (unpaired) electrons. The van der Waals surface area contributed by atoms with E-state index in [1.165, 1.54) is 0 Å². The van der Waals surface area contributed by atoms with E-state index in [0.717, 1.165) is 0 Å². The van der Waals surface area contributed by atoms with Crippen LogP contribution < -0.4 is 0 Å². The molecule has 0 saturated heterocycles. The van der Waals surface area contributed by atoms with Gasteiger partial charge in [0.2, 0.25) is 0 Å². The fourth-order valence-corrected chi connectivity index (χ4v) is 1.57. The van der Waals surface area contributed by atoms with Crippen molar-refractivity contribution in [2.24, 2.45) is 5.41 Å². The average molecular weight is 355 g/mol. The summed E-state index contributed by atoms with van der Waals surface area (Å²) in [7, 11) is 0. The van der Waals surface area contributed by atoms with Gasteiger partial charge < -0.3 is 9.47 Å². The van der Waals surface area contributed by atoms with Gasteiger partial charge in [0.1, 0.15) is 5.78 Å². The van der Waals surface area contributed by atoms with Gasteiger partial charge in [0.05, 0.1) is 31.4 Å². The van der Waals surface area contributed by atoms with Crippen molar-refractivity contribution in [1.82, 2.24) is 15.0 Å². The first-order valence-electron chi connectivity index (χ1n) is 8.62. The van der Waals surface area contributed by atoms with Crippen molar-refractivity contribution in [3.8, 4) is 0 Å². The Bertz CT molecular complexity index is 499. The Balaban J connectivity index is 0.000000535. The molecule has 7 heteroatoms. The predicted octanol–water partition coefficient (Wildman–Crippen LogP) is 2.99. The lowest BCUT2D eigenvalue weighted by molar-refractivity contribution is -0.145. The lowest BCUT2D eigenvalue weighted by Gasteiger charge is -2.17. The lowest BCUT2D eigenvalue weighted by atomic mass is 9.89. The quantitative estimate of drug-likeness (QED) is 0.552. The minimum Gasteiger partial charge on any atom is -0.465 e. The molecule has 0 bridgehead atoms. The monoisotopic (exact) mass is 355 g/mol. The molecule has 1 aromatic rings. The zero-order valence-corrected chi connectivity index (χ0v) is 16.7. The minimum atomic E-state index is -0.363. The lowest BCUT2D eigenvalue weighted by Crippen LogP contribution is -2.22. The SMILES string of the molecule is CC(C)(C)n1ccnn1.CCOCCC(=O)OCCC(=O)C(C)(C)C. The number of hydrogen-bond acceptors (Lipinski definition) is 6. The molecule has 0 aliphatic carbocycles. The summed E-state index contributed by atoms with van der Waals surface area (Å²) in [6.45, 7) is 14.8. The number of esters is 1. The molecule has 0 aliphatic rings. The average Bonchev–Trinajstić information content (AvgIpc) is 3.01. The van der Waals surface area contributed by atoms with Gasteiger partial charge in [0.15, 0.2) is 0 Å². The fraction of sp³-hybridized carbons (Fsp3) is 0.778. The van der Waals surface area contributed by atoms with Crippen molar-refractivity contribution in [1.29, 1.82) is 0 Å². The number of aromatic nitrogens is 3.